The number of nitrogens with zero attached hydrogens (tertiary/aromatic N) is 1. The molecule has 26 heavy (non-hydrogen) atoms. The Morgan fingerprint density at radius 3 is 1.92 bits per heavy atom. The Morgan fingerprint density at radius 1 is 0.962 bits per heavy atom. The quantitative estimate of drug-likeness (QED) is 0.685. The molecule has 2 rings (SSSR count). The molecule has 0 spiro atoms. The van der Waals surface area contributed by atoms with Crippen LogP contribution in [0.1, 0.15) is 25.8 Å². The summed E-state index contributed by atoms with van der Waals surface area (Å²) in [4.78, 5) is 0.151. The minimum absolute atomic E-state index is 0.151. The van der Waals surface area contributed by atoms with Gasteiger partial charge in [-0.1, -0.05) is 49.2 Å². The van der Waals surface area contributed by atoms with Gasteiger partial charge in [-0.3, -0.25) is 0 Å². The fourth-order valence-electron chi connectivity index (χ4n) is 2.75. The molecule has 0 aliphatic carbocycles. The Bertz CT molecular complexity index is 806. The first kappa shape index (κ1) is 21.2. The Balaban J connectivity index is 2.43. The summed E-state index contributed by atoms with van der Waals surface area (Å²) in [7, 11) is -3.80. The van der Waals surface area contributed by atoms with E-state index in [1.54, 1.807) is 36.4 Å². The molecule has 0 unspecified atom stereocenters. The second-order valence-electron chi connectivity index (χ2n) is 6.60. The van der Waals surface area contributed by atoms with Gasteiger partial charge in [-0.05, 0) is 54.3 Å². The zero-order valence-electron chi connectivity index (χ0n) is 14.8. The van der Waals surface area contributed by atoms with Gasteiger partial charge in [-0.25, -0.2) is 8.42 Å². The molecule has 0 amide bonds. The van der Waals surface area contributed by atoms with Crippen LogP contribution < -0.4 is 0 Å². The van der Waals surface area contributed by atoms with E-state index in [4.69, 9.17) is 23.2 Å². The molecule has 4 nitrogen and oxygen atoms in total. The molecule has 0 saturated heterocycles. The number of hydrogen-bond acceptors (Lipinski definition) is 3. The van der Waals surface area contributed by atoms with Crippen molar-refractivity contribution in [3.05, 3.63) is 64.1 Å². The van der Waals surface area contributed by atoms with Crippen LogP contribution in [0.2, 0.25) is 10.0 Å². The second-order valence-corrected chi connectivity index (χ2v) is 9.36. The highest BCUT2D eigenvalue weighted by Gasteiger charge is 2.31. The van der Waals surface area contributed by atoms with Gasteiger partial charge in [-0.15, -0.1) is 0 Å². The van der Waals surface area contributed by atoms with Crippen molar-refractivity contribution in [3.8, 4) is 0 Å². The SMILES string of the molecule is CC(C)C[C@H](CO)N(Cc1ccc(Cl)cc1)S(=O)(=O)c1ccc(Cl)cc1. The van der Waals surface area contributed by atoms with Gasteiger partial charge in [0, 0.05) is 22.6 Å². The molecule has 0 aromatic heterocycles. The maximum absolute atomic E-state index is 13.2. The van der Waals surface area contributed by atoms with Gasteiger partial charge >= 0.3 is 0 Å². The molecular formula is C19H23Cl2NO3S. The van der Waals surface area contributed by atoms with Crippen molar-refractivity contribution >= 4 is 33.2 Å². The molecule has 0 radical (unpaired) electrons. The molecule has 2 aromatic rings. The summed E-state index contributed by atoms with van der Waals surface area (Å²) in [5.74, 6) is 0.236. The van der Waals surface area contributed by atoms with Crippen LogP contribution in [0.25, 0.3) is 0 Å². The minimum Gasteiger partial charge on any atom is -0.395 e. The summed E-state index contributed by atoms with van der Waals surface area (Å²) in [6.07, 6.45) is 0.552. The summed E-state index contributed by atoms with van der Waals surface area (Å²) in [6.45, 7) is 3.90. The summed E-state index contributed by atoms with van der Waals surface area (Å²) in [5, 5.41) is 10.9. The van der Waals surface area contributed by atoms with E-state index in [9.17, 15) is 13.5 Å². The van der Waals surface area contributed by atoms with Gasteiger partial charge < -0.3 is 5.11 Å². The number of benzene rings is 2. The first-order valence-corrected chi connectivity index (χ1v) is 10.6. The zero-order valence-corrected chi connectivity index (χ0v) is 17.1. The van der Waals surface area contributed by atoms with E-state index in [1.807, 2.05) is 13.8 Å². The maximum atomic E-state index is 13.2. The number of halogens is 2. The fraction of sp³-hybridized carbons (Fsp3) is 0.368. The van der Waals surface area contributed by atoms with E-state index in [0.717, 1.165) is 5.56 Å². The van der Waals surface area contributed by atoms with E-state index < -0.39 is 16.1 Å². The monoisotopic (exact) mass is 415 g/mol. The number of aliphatic hydroxyl groups is 1. The predicted octanol–water partition coefficient (Wildman–Crippen LogP) is 4.59. The first-order valence-electron chi connectivity index (χ1n) is 8.36. The van der Waals surface area contributed by atoms with Crippen molar-refractivity contribution in [2.75, 3.05) is 6.61 Å². The lowest BCUT2D eigenvalue weighted by Crippen LogP contribution is -2.42. The number of hydrogen-bond donors (Lipinski definition) is 1. The van der Waals surface area contributed by atoms with Gasteiger partial charge in [0.25, 0.3) is 0 Å². The van der Waals surface area contributed by atoms with Crippen molar-refractivity contribution < 1.29 is 13.5 Å². The lowest BCUT2D eigenvalue weighted by atomic mass is 10.0. The number of sulfonamides is 1. The smallest absolute Gasteiger partial charge is 0.243 e. The fourth-order valence-corrected chi connectivity index (χ4v) is 4.62. The standard InChI is InChI=1S/C19H23Cl2NO3S/c1-14(2)11-18(13-23)22(12-15-3-5-16(20)6-4-15)26(24,25)19-9-7-17(21)8-10-19/h3-10,14,18,23H,11-13H2,1-2H3/t18-/m1/s1. The third-order valence-electron chi connectivity index (χ3n) is 4.03. The Labute approximate surface area is 165 Å². The van der Waals surface area contributed by atoms with Crippen LogP contribution in [0, 0.1) is 5.92 Å². The average molecular weight is 416 g/mol. The van der Waals surface area contributed by atoms with Crippen molar-refractivity contribution in [3.63, 3.8) is 0 Å². The Kier molecular flexibility index (Phi) is 7.50. The molecule has 7 heteroatoms. The Morgan fingerprint density at radius 2 is 1.46 bits per heavy atom. The van der Waals surface area contributed by atoms with Crippen LogP contribution in [0.3, 0.4) is 0 Å². The summed E-state index contributed by atoms with van der Waals surface area (Å²) >= 11 is 11.8. The normalized spacial score (nSPS) is 13.3. The van der Waals surface area contributed by atoms with Crippen molar-refractivity contribution in [1.29, 1.82) is 0 Å². The highest BCUT2D eigenvalue weighted by molar-refractivity contribution is 7.89. The second kappa shape index (κ2) is 9.20. The van der Waals surface area contributed by atoms with E-state index in [0.29, 0.717) is 16.5 Å². The number of rotatable bonds is 8. The topological polar surface area (TPSA) is 57.6 Å². The first-order chi connectivity index (χ1) is 12.2. The molecule has 0 aliphatic rings. The van der Waals surface area contributed by atoms with Crippen LogP contribution in [0.15, 0.2) is 53.4 Å². The van der Waals surface area contributed by atoms with E-state index in [-0.39, 0.29) is 24.0 Å². The highest BCUT2D eigenvalue weighted by Crippen LogP contribution is 2.25. The van der Waals surface area contributed by atoms with Crippen LogP contribution in [-0.2, 0) is 16.6 Å². The molecule has 1 atom stereocenters. The van der Waals surface area contributed by atoms with E-state index in [2.05, 4.69) is 0 Å². The van der Waals surface area contributed by atoms with Crippen molar-refractivity contribution in [2.45, 2.75) is 37.8 Å². The van der Waals surface area contributed by atoms with Crippen LogP contribution in [-0.4, -0.2) is 30.5 Å². The molecule has 142 valence electrons. The molecule has 0 heterocycles. The van der Waals surface area contributed by atoms with Gasteiger partial charge in [0.15, 0.2) is 0 Å². The van der Waals surface area contributed by atoms with Gasteiger partial charge in [-0.2, -0.15) is 4.31 Å². The molecule has 0 fully saturated rings. The molecule has 0 aliphatic heterocycles. The lowest BCUT2D eigenvalue weighted by Gasteiger charge is -2.31. The van der Waals surface area contributed by atoms with Crippen LogP contribution in [0.5, 0.6) is 0 Å². The van der Waals surface area contributed by atoms with Crippen molar-refractivity contribution in [1.82, 2.24) is 4.31 Å². The third kappa shape index (κ3) is 5.44. The van der Waals surface area contributed by atoms with Gasteiger partial charge in [0.2, 0.25) is 10.0 Å². The lowest BCUT2D eigenvalue weighted by molar-refractivity contribution is 0.164. The van der Waals surface area contributed by atoms with Crippen molar-refractivity contribution in [2.24, 2.45) is 5.92 Å². The summed E-state index contributed by atoms with van der Waals surface area (Å²) in [5.41, 5.74) is 0.800. The molecule has 0 saturated carbocycles. The average Bonchev–Trinajstić information content (AvgIpc) is 2.59. The largest absolute Gasteiger partial charge is 0.395 e. The predicted molar refractivity (Wildman–Crippen MR) is 106 cm³/mol. The van der Waals surface area contributed by atoms with E-state index >= 15 is 0 Å². The zero-order chi connectivity index (χ0) is 19.3. The maximum Gasteiger partial charge on any atom is 0.243 e. The molecule has 2 aromatic carbocycles. The summed E-state index contributed by atoms with van der Waals surface area (Å²) in [6, 6.07) is 12.6. The minimum atomic E-state index is -3.80. The van der Waals surface area contributed by atoms with Crippen LogP contribution >= 0.6 is 23.2 Å². The third-order valence-corrected chi connectivity index (χ3v) is 6.45. The number of aliphatic hydroxyl groups excluding tert-OH is 1. The van der Waals surface area contributed by atoms with E-state index in [1.165, 1.54) is 16.4 Å². The Hall–Kier alpha value is -1.11. The van der Waals surface area contributed by atoms with Crippen LogP contribution in [0.4, 0.5) is 0 Å². The van der Waals surface area contributed by atoms with Gasteiger partial charge in [0.1, 0.15) is 0 Å². The summed E-state index contributed by atoms with van der Waals surface area (Å²) < 4.78 is 27.8. The molecule has 0 bridgehead atoms. The van der Waals surface area contributed by atoms with Gasteiger partial charge in [0.05, 0.1) is 11.5 Å². The molecular weight excluding hydrogens is 393 g/mol. The molecule has 1 N–H and O–H groups in total. The highest BCUT2D eigenvalue weighted by atomic mass is 35.5.